The minimum absolute atomic E-state index is 0.183. The SMILES string of the molecule is O=C(NCC(=O)N1CCCC1C(=O)O)c1ccccc1. The highest BCUT2D eigenvalue weighted by atomic mass is 16.4. The lowest BCUT2D eigenvalue weighted by Crippen LogP contribution is -2.45. The van der Waals surface area contributed by atoms with Crippen molar-refractivity contribution in [2.45, 2.75) is 18.9 Å². The summed E-state index contributed by atoms with van der Waals surface area (Å²) in [6, 6.07) is 7.79. The zero-order chi connectivity index (χ0) is 14.5. The first-order valence-electron chi connectivity index (χ1n) is 6.45. The number of hydrogen-bond acceptors (Lipinski definition) is 3. The fourth-order valence-electron chi connectivity index (χ4n) is 2.27. The van der Waals surface area contributed by atoms with Gasteiger partial charge in [0.15, 0.2) is 0 Å². The fourth-order valence-corrected chi connectivity index (χ4v) is 2.27. The number of nitrogens with zero attached hydrogens (tertiary/aromatic N) is 1. The van der Waals surface area contributed by atoms with Gasteiger partial charge in [0.05, 0.1) is 6.54 Å². The Labute approximate surface area is 116 Å². The first-order chi connectivity index (χ1) is 9.59. The molecule has 2 rings (SSSR count). The molecule has 0 spiro atoms. The zero-order valence-electron chi connectivity index (χ0n) is 10.9. The van der Waals surface area contributed by atoms with E-state index in [4.69, 9.17) is 5.11 Å². The number of benzene rings is 1. The van der Waals surface area contributed by atoms with Crippen LogP contribution in [0.25, 0.3) is 0 Å². The second-order valence-electron chi connectivity index (χ2n) is 4.63. The number of amides is 2. The maximum atomic E-state index is 11.9. The number of nitrogens with one attached hydrogen (secondary N) is 1. The molecule has 1 unspecified atom stereocenters. The summed E-state index contributed by atoms with van der Waals surface area (Å²) in [6.07, 6.45) is 1.14. The molecule has 1 aromatic carbocycles. The minimum Gasteiger partial charge on any atom is -0.480 e. The maximum absolute atomic E-state index is 11.9. The van der Waals surface area contributed by atoms with Crippen molar-refractivity contribution in [2.24, 2.45) is 0 Å². The van der Waals surface area contributed by atoms with Gasteiger partial charge in [0, 0.05) is 12.1 Å². The van der Waals surface area contributed by atoms with E-state index in [1.165, 1.54) is 4.90 Å². The van der Waals surface area contributed by atoms with Crippen molar-refractivity contribution in [3.05, 3.63) is 35.9 Å². The van der Waals surface area contributed by atoms with Crippen LogP contribution in [0.4, 0.5) is 0 Å². The Bertz CT molecular complexity index is 515. The predicted molar refractivity (Wildman–Crippen MR) is 71.1 cm³/mol. The van der Waals surface area contributed by atoms with Gasteiger partial charge in [0.2, 0.25) is 5.91 Å². The molecule has 106 valence electrons. The third-order valence-corrected chi connectivity index (χ3v) is 3.29. The smallest absolute Gasteiger partial charge is 0.326 e. The van der Waals surface area contributed by atoms with E-state index in [0.717, 1.165) is 0 Å². The molecule has 0 saturated carbocycles. The van der Waals surface area contributed by atoms with Crippen LogP contribution in [0.1, 0.15) is 23.2 Å². The van der Waals surface area contributed by atoms with Gasteiger partial charge in [-0.2, -0.15) is 0 Å². The summed E-state index contributed by atoms with van der Waals surface area (Å²) in [5, 5.41) is 11.5. The summed E-state index contributed by atoms with van der Waals surface area (Å²) in [5.41, 5.74) is 0.469. The third-order valence-electron chi connectivity index (χ3n) is 3.29. The van der Waals surface area contributed by atoms with Gasteiger partial charge in [-0.25, -0.2) is 4.79 Å². The number of carbonyl (C=O) groups is 3. The van der Waals surface area contributed by atoms with Crippen molar-refractivity contribution < 1.29 is 19.5 Å². The highest BCUT2D eigenvalue weighted by molar-refractivity contribution is 5.96. The lowest BCUT2D eigenvalue weighted by molar-refractivity contribution is -0.147. The fraction of sp³-hybridized carbons (Fsp3) is 0.357. The molecule has 1 aliphatic heterocycles. The minimum atomic E-state index is -0.995. The summed E-state index contributed by atoms with van der Waals surface area (Å²) in [4.78, 5) is 36.0. The van der Waals surface area contributed by atoms with Gasteiger partial charge in [0.25, 0.3) is 5.91 Å². The molecule has 2 amide bonds. The van der Waals surface area contributed by atoms with E-state index < -0.39 is 12.0 Å². The molecular formula is C14H16N2O4. The van der Waals surface area contributed by atoms with Crippen LogP contribution in [-0.4, -0.2) is 46.9 Å². The van der Waals surface area contributed by atoms with Crippen LogP contribution >= 0.6 is 0 Å². The summed E-state index contributed by atoms with van der Waals surface area (Å²) in [7, 11) is 0. The van der Waals surface area contributed by atoms with E-state index in [2.05, 4.69) is 5.32 Å². The number of carboxylic acid groups (broad SMARTS) is 1. The summed E-state index contributed by atoms with van der Waals surface area (Å²) in [5.74, 6) is -1.70. The Balaban J connectivity index is 1.89. The summed E-state index contributed by atoms with van der Waals surface area (Å²) in [6.45, 7) is 0.245. The van der Waals surface area contributed by atoms with Gasteiger partial charge in [-0.15, -0.1) is 0 Å². The van der Waals surface area contributed by atoms with Gasteiger partial charge in [-0.3, -0.25) is 9.59 Å². The Kier molecular flexibility index (Phi) is 4.34. The molecular weight excluding hydrogens is 260 g/mol. The molecule has 0 bridgehead atoms. The van der Waals surface area contributed by atoms with Gasteiger partial charge in [-0.05, 0) is 25.0 Å². The quantitative estimate of drug-likeness (QED) is 0.838. The van der Waals surface area contributed by atoms with Crippen LogP contribution in [0.15, 0.2) is 30.3 Å². The zero-order valence-corrected chi connectivity index (χ0v) is 10.9. The summed E-state index contributed by atoms with van der Waals surface area (Å²) >= 11 is 0. The largest absolute Gasteiger partial charge is 0.480 e. The highest BCUT2D eigenvalue weighted by Gasteiger charge is 2.33. The number of carbonyl (C=O) groups excluding carboxylic acids is 2. The average Bonchev–Trinajstić information content (AvgIpc) is 2.95. The Hall–Kier alpha value is -2.37. The number of carboxylic acids is 1. The second-order valence-corrected chi connectivity index (χ2v) is 4.63. The Morgan fingerprint density at radius 3 is 2.60 bits per heavy atom. The van der Waals surface area contributed by atoms with Crippen molar-refractivity contribution in [1.82, 2.24) is 10.2 Å². The van der Waals surface area contributed by atoms with E-state index in [1.54, 1.807) is 30.3 Å². The third kappa shape index (κ3) is 3.14. The molecule has 1 fully saturated rings. The molecule has 1 aromatic rings. The van der Waals surface area contributed by atoms with Crippen LogP contribution in [-0.2, 0) is 9.59 Å². The molecule has 6 nitrogen and oxygen atoms in total. The van der Waals surface area contributed by atoms with E-state index in [9.17, 15) is 14.4 Å². The van der Waals surface area contributed by atoms with Crippen LogP contribution in [0, 0.1) is 0 Å². The van der Waals surface area contributed by atoms with Crippen LogP contribution < -0.4 is 5.32 Å². The van der Waals surface area contributed by atoms with Gasteiger partial charge in [0.1, 0.15) is 6.04 Å². The Morgan fingerprint density at radius 1 is 1.25 bits per heavy atom. The van der Waals surface area contributed by atoms with Gasteiger partial charge in [-0.1, -0.05) is 18.2 Å². The van der Waals surface area contributed by atoms with Crippen LogP contribution in [0.5, 0.6) is 0 Å². The number of rotatable bonds is 4. The lowest BCUT2D eigenvalue weighted by atomic mass is 10.2. The normalized spacial score (nSPS) is 17.8. The van der Waals surface area contributed by atoms with Crippen LogP contribution in [0.3, 0.4) is 0 Å². The van der Waals surface area contributed by atoms with Crippen molar-refractivity contribution in [1.29, 1.82) is 0 Å². The molecule has 1 atom stereocenters. The molecule has 1 saturated heterocycles. The standard InChI is InChI=1S/C14H16N2O4/c17-12(16-8-4-7-11(16)14(19)20)9-15-13(18)10-5-2-1-3-6-10/h1-3,5-6,11H,4,7-9H2,(H,15,18)(H,19,20). The molecule has 0 aromatic heterocycles. The predicted octanol–water partition coefficient (Wildman–Crippen LogP) is 0.492. The van der Waals surface area contributed by atoms with Gasteiger partial charge >= 0.3 is 5.97 Å². The van der Waals surface area contributed by atoms with Crippen molar-refractivity contribution in [3.8, 4) is 0 Å². The molecule has 1 aliphatic rings. The molecule has 1 heterocycles. The highest BCUT2D eigenvalue weighted by Crippen LogP contribution is 2.17. The molecule has 6 heteroatoms. The van der Waals surface area contributed by atoms with E-state index in [0.29, 0.717) is 24.9 Å². The van der Waals surface area contributed by atoms with E-state index >= 15 is 0 Å². The topological polar surface area (TPSA) is 86.7 Å². The Morgan fingerprint density at radius 2 is 1.95 bits per heavy atom. The number of aliphatic carboxylic acids is 1. The lowest BCUT2D eigenvalue weighted by Gasteiger charge is -2.21. The van der Waals surface area contributed by atoms with Gasteiger partial charge < -0.3 is 15.3 Å². The molecule has 0 aliphatic carbocycles. The molecule has 2 N–H and O–H groups in total. The van der Waals surface area contributed by atoms with Crippen molar-refractivity contribution in [3.63, 3.8) is 0 Å². The van der Waals surface area contributed by atoms with Crippen molar-refractivity contribution in [2.75, 3.05) is 13.1 Å². The monoisotopic (exact) mass is 276 g/mol. The molecule has 0 radical (unpaired) electrons. The van der Waals surface area contributed by atoms with Crippen LogP contribution in [0.2, 0.25) is 0 Å². The average molecular weight is 276 g/mol. The maximum Gasteiger partial charge on any atom is 0.326 e. The van der Waals surface area contributed by atoms with Crippen molar-refractivity contribution >= 4 is 17.8 Å². The van der Waals surface area contributed by atoms with E-state index in [1.807, 2.05) is 0 Å². The second kappa shape index (κ2) is 6.18. The number of likely N-dealkylation sites (tertiary alicyclic amines) is 1. The first kappa shape index (κ1) is 14.0. The number of hydrogen-bond donors (Lipinski definition) is 2. The molecule has 20 heavy (non-hydrogen) atoms. The summed E-state index contributed by atoms with van der Waals surface area (Å²) < 4.78 is 0. The van der Waals surface area contributed by atoms with E-state index in [-0.39, 0.29) is 18.4 Å². The first-order valence-corrected chi connectivity index (χ1v) is 6.45.